The number of esters is 2. The third kappa shape index (κ3) is 16.8. The Balaban J connectivity index is 3.44. The van der Waals surface area contributed by atoms with Crippen LogP contribution in [0.5, 0.6) is 0 Å². The van der Waals surface area contributed by atoms with E-state index in [1.54, 1.807) is 0 Å². The number of methoxy groups -OCH3 is 2. The molecule has 0 aliphatic carbocycles. The van der Waals surface area contributed by atoms with Gasteiger partial charge in [0.2, 0.25) is 0 Å². The molecule has 0 saturated heterocycles. The van der Waals surface area contributed by atoms with Gasteiger partial charge in [0.1, 0.15) is 6.04 Å². The Morgan fingerprint density at radius 1 is 0.704 bits per heavy atom. The number of rotatable bonds is 19. The summed E-state index contributed by atoms with van der Waals surface area (Å²) in [5.74, 6) is -0.815. The minimum atomic E-state index is -0.607. The Morgan fingerprint density at radius 3 is 1.56 bits per heavy atom. The highest BCUT2D eigenvalue weighted by Crippen LogP contribution is 2.12. The predicted molar refractivity (Wildman–Crippen MR) is 111 cm³/mol. The van der Waals surface area contributed by atoms with Crippen molar-refractivity contribution < 1.29 is 19.1 Å². The van der Waals surface area contributed by atoms with E-state index in [0.717, 1.165) is 19.4 Å². The highest BCUT2D eigenvalue weighted by atomic mass is 16.5. The van der Waals surface area contributed by atoms with E-state index in [1.807, 2.05) is 0 Å². The fourth-order valence-electron chi connectivity index (χ4n) is 3.23. The predicted octanol–water partition coefficient (Wildman–Crippen LogP) is 5.16. The van der Waals surface area contributed by atoms with Crippen LogP contribution in [0.3, 0.4) is 0 Å². The SMILES string of the molecule is CCCCCCCCCCCCCCCCN[C@@H](CC(=O)OC)C(=O)OC. The van der Waals surface area contributed by atoms with E-state index in [-0.39, 0.29) is 6.42 Å². The number of hydrogen-bond donors (Lipinski definition) is 1. The monoisotopic (exact) mass is 385 g/mol. The van der Waals surface area contributed by atoms with Gasteiger partial charge in [-0.1, -0.05) is 90.4 Å². The molecule has 0 aliphatic rings. The molecule has 5 nitrogen and oxygen atoms in total. The van der Waals surface area contributed by atoms with Crippen molar-refractivity contribution in [2.24, 2.45) is 0 Å². The maximum absolute atomic E-state index is 11.6. The van der Waals surface area contributed by atoms with Crippen molar-refractivity contribution in [1.82, 2.24) is 5.32 Å². The van der Waals surface area contributed by atoms with Gasteiger partial charge in [0, 0.05) is 0 Å². The van der Waals surface area contributed by atoms with Gasteiger partial charge in [-0.3, -0.25) is 9.59 Å². The first-order valence-electron chi connectivity index (χ1n) is 11.0. The molecule has 0 rings (SSSR count). The standard InChI is InChI=1S/C22H43NO4/c1-4-5-6-7-8-9-10-11-12-13-14-15-16-17-18-23-20(22(25)27-3)19-21(24)26-2/h20,23H,4-19H2,1-3H3/t20-/m0/s1. The number of hydrogen-bond acceptors (Lipinski definition) is 5. The zero-order chi connectivity index (χ0) is 20.2. The van der Waals surface area contributed by atoms with E-state index < -0.39 is 18.0 Å². The van der Waals surface area contributed by atoms with Crippen LogP contribution in [0.2, 0.25) is 0 Å². The largest absolute Gasteiger partial charge is 0.469 e. The molecule has 0 heterocycles. The number of unbranched alkanes of at least 4 members (excludes halogenated alkanes) is 13. The van der Waals surface area contributed by atoms with E-state index in [0.29, 0.717) is 0 Å². The molecule has 1 N–H and O–H groups in total. The molecule has 0 aromatic rings. The minimum absolute atomic E-state index is 0.0157. The third-order valence-corrected chi connectivity index (χ3v) is 5.01. The van der Waals surface area contributed by atoms with Gasteiger partial charge >= 0.3 is 11.9 Å². The molecule has 5 heteroatoms. The second kappa shape index (κ2) is 19.7. The molecule has 0 amide bonds. The average Bonchev–Trinajstić information content (AvgIpc) is 2.69. The molecule has 27 heavy (non-hydrogen) atoms. The summed E-state index contributed by atoms with van der Waals surface area (Å²) >= 11 is 0. The van der Waals surface area contributed by atoms with E-state index >= 15 is 0 Å². The Kier molecular flexibility index (Phi) is 18.9. The lowest BCUT2D eigenvalue weighted by Crippen LogP contribution is -2.40. The maximum atomic E-state index is 11.6. The van der Waals surface area contributed by atoms with Crippen molar-refractivity contribution in [2.45, 2.75) is 109 Å². The van der Waals surface area contributed by atoms with E-state index in [2.05, 4.69) is 17.0 Å². The van der Waals surface area contributed by atoms with Crippen LogP contribution < -0.4 is 5.32 Å². The van der Waals surface area contributed by atoms with Crippen LogP contribution in [0.25, 0.3) is 0 Å². The highest BCUT2D eigenvalue weighted by Gasteiger charge is 2.22. The fraction of sp³-hybridized carbons (Fsp3) is 0.909. The second-order valence-electron chi connectivity index (χ2n) is 7.41. The number of ether oxygens (including phenoxy) is 2. The number of carbonyl (C=O) groups is 2. The molecule has 160 valence electrons. The summed E-state index contributed by atoms with van der Waals surface area (Å²) in [5, 5.41) is 3.10. The van der Waals surface area contributed by atoms with Gasteiger partial charge in [-0.15, -0.1) is 0 Å². The first-order chi connectivity index (χ1) is 13.2. The second-order valence-corrected chi connectivity index (χ2v) is 7.41. The Bertz CT molecular complexity index is 360. The van der Waals surface area contributed by atoms with Crippen LogP contribution in [-0.4, -0.2) is 38.7 Å². The highest BCUT2D eigenvalue weighted by molar-refractivity contribution is 5.82. The summed E-state index contributed by atoms with van der Waals surface area (Å²) in [6.07, 6.45) is 18.5. The van der Waals surface area contributed by atoms with Gasteiger partial charge in [0.15, 0.2) is 0 Å². The summed E-state index contributed by atoms with van der Waals surface area (Å²) < 4.78 is 9.34. The summed E-state index contributed by atoms with van der Waals surface area (Å²) in [7, 11) is 2.66. The van der Waals surface area contributed by atoms with Crippen LogP contribution in [0.1, 0.15) is 103 Å². The normalized spacial score (nSPS) is 12.0. The van der Waals surface area contributed by atoms with E-state index in [9.17, 15) is 9.59 Å². The van der Waals surface area contributed by atoms with Crippen molar-refractivity contribution in [3.63, 3.8) is 0 Å². The number of nitrogens with one attached hydrogen (secondary N) is 1. The zero-order valence-electron chi connectivity index (χ0n) is 18.0. The van der Waals surface area contributed by atoms with Crippen molar-refractivity contribution >= 4 is 11.9 Å². The lowest BCUT2D eigenvalue weighted by molar-refractivity contribution is -0.149. The Morgan fingerprint density at radius 2 is 1.15 bits per heavy atom. The molecule has 0 aliphatic heterocycles. The Hall–Kier alpha value is -1.10. The third-order valence-electron chi connectivity index (χ3n) is 5.01. The molecule has 0 unspecified atom stereocenters. The van der Waals surface area contributed by atoms with E-state index in [4.69, 9.17) is 4.74 Å². The lowest BCUT2D eigenvalue weighted by Gasteiger charge is -2.15. The summed E-state index contributed by atoms with van der Waals surface area (Å²) in [6, 6.07) is -0.607. The molecule has 1 atom stereocenters. The first-order valence-corrected chi connectivity index (χ1v) is 11.0. The summed E-state index contributed by atoms with van der Waals surface area (Å²) in [5.41, 5.74) is 0. The maximum Gasteiger partial charge on any atom is 0.323 e. The van der Waals surface area contributed by atoms with Crippen molar-refractivity contribution in [3.05, 3.63) is 0 Å². The summed E-state index contributed by atoms with van der Waals surface area (Å²) in [4.78, 5) is 23.0. The zero-order valence-corrected chi connectivity index (χ0v) is 18.0. The van der Waals surface area contributed by atoms with Crippen molar-refractivity contribution in [1.29, 1.82) is 0 Å². The quantitative estimate of drug-likeness (QED) is 0.246. The van der Waals surface area contributed by atoms with Gasteiger partial charge in [-0.25, -0.2) is 0 Å². The topological polar surface area (TPSA) is 64.6 Å². The molecule has 0 aromatic carbocycles. The van der Waals surface area contributed by atoms with Crippen molar-refractivity contribution in [2.75, 3.05) is 20.8 Å². The van der Waals surface area contributed by atoms with Gasteiger partial charge < -0.3 is 14.8 Å². The average molecular weight is 386 g/mol. The van der Waals surface area contributed by atoms with Gasteiger partial charge in [0.25, 0.3) is 0 Å². The smallest absolute Gasteiger partial charge is 0.323 e. The van der Waals surface area contributed by atoms with Crippen LogP contribution in [0.4, 0.5) is 0 Å². The molecule has 0 saturated carbocycles. The molecule has 0 bridgehead atoms. The molecular formula is C22H43NO4. The van der Waals surface area contributed by atoms with Gasteiger partial charge in [0.05, 0.1) is 20.6 Å². The summed E-state index contributed by atoms with van der Waals surface area (Å²) in [6.45, 7) is 2.98. The number of carbonyl (C=O) groups excluding carboxylic acids is 2. The molecular weight excluding hydrogens is 342 g/mol. The van der Waals surface area contributed by atoms with Crippen molar-refractivity contribution in [3.8, 4) is 0 Å². The van der Waals surface area contributed by atoms with E-state index in [1.165, 1.54) is 91.3 Å². The molecule has 0 aromatic heterocycles. The van der Waals surface area contributed by atoms with Crippen LogP contribution >= 0.6 is 0 Å². The lowest BCUT2D eigenvalue weighted by atomic mass is 10.0. The van der Waals surface area contributed by atoms with Gasteiger partial charge in [-0.2, -0.15) is 0 Å². The first kappa shape index (κ1) is 25.9. The fourth-order valence-corrected chi connectivity index (χ4v) is 3.23. The Labute approximate surface area is 167 Å². The molecule has 0 radical (unpaired) electrons. The molecule has 0 fully saturated rings. The van der Waals surface area contributed by atoms with Crippen LogP contribution in [0, 0.1) is 0 Å². The van der Waals surface area contributed by atoms with Crippen LogP contribution in [-0.2, 0) is 19.1 Å². The minimum Gasteiger partial charge on any atom is -0.469 e. The van der Waals surface area contributed by atoms with Crippen LogP contribution in [0.15, 0.2) is 0 Å². The van der Waals surface area contributed by atoms with Gasteiger partial charge in [-0.05, 0) is 13.0 Å². The molecule has 0 spiro atoms.